The minimum Gasteiger partial charge on any atom is -0.478 e. The van der Waals surface area contributed by atoms with Crippen molar-refractivity contribution in [3.05, 3.63) is 42.9 Å². The van der Waals surface area contributed by atoms with Crippen LogP contribution in [0.1, 0.15) is 10.4 Å². The SMILES string of the molecule is O=C(O)c1cc([N+](=O)[O-])c([N+](=O)[O-])cc1Cl. The topological polar surface area (TPSA) is 124 Å². The first-order valence-corrected chi connectivity index (χ1v) is 4.08. The summed E-state index contributed by atoms with van der Waals surface area (Å²) in [5, 5.41) is 29.1. The molecule has 0 aliphatic heterocycles. The van der Waals surface area contributed by atoms with Crippen LogP contribution < -0.4 is 0 Å². The van der Waals surface area contributed by atoms with Gasteiger partial charge in [0.05, 0.1) is 20.4 Å². The quantitative estimate of drug-likeness (QED) is 0.641. The highest BCUT2D eigenvalue weighted by Crippen LogP contribution is 2.32. The summed E-state index contributed by atoms with van der Waals surface area (Å²) < 4.78 is 0. The second-order valence-corrected chi connectivity index (χ2v) is 3.05. The van der Waals surface area contributed by atoms with Gasteiger partial charge in [0.2, 0.25) is 0 Å². The van der Waals surface area contributed by atoms with Crippen LogP contribution >= 0.6 is 11.6 Å². The van der Waals surface area contributed by atoms with Crippen LogP contribution in [-0.4, -0.2) is 20.9 Å². The Morgan fingerprint density at radius 1 is 1.19 bits per heavy atom. The molecule has 0 bridgehead atoms. The number of aromatic carboxylic acids is 1. The minimum absolute atomic E-state index is 0.426. The summed E-state index contributed by atoms with van der Waals surface area (Å²) >= 11 is 5.44. The van der Waals surface area contributed by atoms with Gasteiger partial charge >= 0.3 is 17.3 Å². The zero-order chi connectivity index (χ0) is 12.5. The first kappa shape index (κ1) is 11.9. The number of carboxylic acids is 1. The molecule has 8 nitrogen and oxygen atoms in total. The Morgan fingerprint density at radius 2 is 1.62 bits per heavy atom. The van der Waals surface area contributed by atoms with Gasteiger partial charge < -0.3 is 5.11 Å². The number of benzene rings is 1. The van der Waals surface area contributed by atoms with Crippen molar-refractivity contribution in [1.29, 1.82) is 0 Å². The zero-order valence-corrected chi connectivity index (χ0v) is 8.17. The minimum atomic E-state index is -1.50. The van der Waals surface area contributed by atoms with E-state index in [1.807, 2.05) is 0 Å². The van der Waals surface area contributed by atoms with E-state index in [1.54, 1.807) is 0 Å². The molecule has 0 fully saturated rings. The number of carbonyl (C=O) groups is 1. The van der Waals surface area contributed by atoms with E-state index in [2.05, 4.69) is 0 Å². The van der Waals surface area contributed by atoms with E-state index in [0.717, 1.165) is 0 Å². The molecule has 0 radical (unpaired) electrons. The smallest absolute Gasteiger partial charge is 0.347 e. The summed E-state index contributed by atoms with van der Waals surface area (Å²) in [5.41, 5.74) is -2.31. The summed E-state index contributed by atoms with van der Waals surface area (Å²) in [6, 6.07) is 1.20. The summed E-state index contributed by atoms with van der Waals surface area (Å²) in [5.74, 6) is -1.50. The van der Waals surface area contributed by atoms with Crippen LogP contribution in [0.25, 0.3) is 0 Å². The lowest BCUT2D eigenvalue weighted by atomic mass is 10.2. The van der Waals surface area contributed by atoms with Crippen LogP contribution in [0.4, 0.5) is 11.4 Å². The van der Waals surface area contributed by atoms with Crippen molar-refractivity contribution >= 4 is 28.9 Å². The molecule has 0 unspecified atom stereocenters. The predicted octanol–water partition coefficient (Wildman–Crippen LogP) is 1.85. The van der Waals surface area contributed by atoms with Crippen molar-refractivity contribution in [1.82, 2.24) is 0 Å². The highest BCUT2D eigenvalue weighted by atomic mass is 35.5. The number of hydrogen-bond donors (Lipinski definition) is 1. The van der Waals surface area contributed by atoms with E-state index in [9.17, 15) is 25.0 Å². The van der Waals surface area contributed by atoms with E-state index in [1.165, 1.54) is 0 Å². The molecule has 0 aliphatic rings. The number of nitrogens with zero attached hydrogens (tertiary/aromatic N) is 2. The van der Waals surface area contributed by atoms with Crippen LogP contribution in [-0.2, 0) is 0 Å². The summed E-state index contributed by atoms with van der Waals surface area (Å²) in [4.78, 5) is 29.5. The number of nitro groups is 2. The Kier molecular flexibility index (Phi) is 3.04. The molecule has 0 spiro atoms. The van der Waals surface area contributed by atoms with Gasteiger partial charge in [0, 0.05) is 12.1 Å². The van der Waals surface area contributed by atoms with Gasteiger partial charge in [0.25, 0.3) is 0 Å². The van der Waals surface area contributed by atoms with E-state index in [4.69, 9.17) is 16.7 Å². The van der Waals surface area contributed by atoms with Crippen LogP contribution in [0.2, 0.25) is 5.02 Å². The molecule has 0 aliphatic carbocycles. The van der Waals surface area contributed by atoms with E-state index in [0.29, 0.717) is 12.1 Å². The molecule has 84 valence electrons. The third kappa shape index (κ3) is 2.06. The van der Waals surface area contributed by atoms with Crippen molar-refractivity contribution in [2.75, 3.05) is 0 Å². The van der Waals surface area contributed by atoms with Crippen molar-refractivity contribution < 1.29 is 19.7 Å². The van der Waals surface area contributed by atoms with Crippen LogP contribution in [0.15, 0.2) is 12.1 Å². The standard InChI is InChI=1S/C7H3ClN2O6/c8-4-2-6(10(15)16)5(9(13)14)1-3(4)7(11)12/h1-2H,(H,11,12). The van der Waals surface area contributed by atoms with Crippen LogP contribution in [0, 0.1) is 20.2 Å². The van der Waals surface area contributed by atoms with Crippen molar-refractivity contribution in [3.63, 3.8) is 0 Å². The molecule has 9 heteroatoms. The van der Waals surface area contributed by atoms with Crippen molar-refractivity contribution in [3.8, 4) is 0 Å². The third-order valence-corrected chi connectivity index (χ3v) is 2.00. The van der Waals surface area contributed by atoms with Gasteiger partial charge in [-0.15, -0.1) is 0 Å². The molecule has 0 saturated heterocycles. The lowest BCUT2D eigenvalue weighted by Crippen LogP contribution is -2.02. The van der Waals surface area contributed by atoms with Gasteiger partial charge in [-0.2, -0.15) is 0 Å². The number of nitro benzene ring substituents is 2. The molecular formula is C7H3ClN2O6. The molecule has 0 amide bonds. The van der Waals surface area contributed by atoms with Crippen LogP contribution in [0.5, 0.6) is 0 Å². The monoisotopic (exact) mass is 246 g/mol. The average molecular weight is 247 g/mol. The second-order valence-electron chi connectivity index (χ2n) is 2.64. The predicted molar refractivity (Wildman–Crippen MR) is 51.7 cm³/mol. The number of hydrogen-bond acceptors (Lipinski definition) is 5. The third-order valence-electron chi connectivity index (χ3n) is 1.69. The van der Waals surface area contributed by atoms with Gasteiger partial charge in [-0.1, -0.05) is 11.6 Å². The molecule has 16 heavy (non-hydrogen) atoms. The Labute approximate surface area is 92.4 Å². The van der Waals surface area contributed by atoms with E-state index >= 15 is 0 Å². The van der Waals surface area contributed by atoms with Crippen LogP contribution in [0.3, 0.4) is 0 Å². The molecule has 0 heterocycles. The molecule has 0 atom stereocenters. The van der Waals surface area contributed by atoms with Gasteiger partial charge in [-0.05, 0) is 0 Å². The van der Waals surface area contributed by atoms with Gasteiger partial charge in [-0.25, -0.2) is 4.79 Å². The van der Waals surface area contributed by atoms with Gasteiger partial charge in [0.1, 0.15) is 0 Å². The van der Waals surface area contributed by atoms with Crippen molar-refractivity contribution in [2.45, 2.75) is 0 Å². The normalized spacial score (nSPS) is 9.81. The fourth-order valence-electron chi connectivity index (χ4n) is 1.01. The first-order valence-electron chi connectivity index (χ1n) is 3.70. The number of carboxylic acid groups (broad SMARTS) is 1. The largest absolute Gasteiger partial charge is 0.478 e. The van der Waals surface area contributed by atoms with Crippen molar-refractivity contribution in [2.24, 2.45) is 0 Å². The molecule has 0 saturated carbocycles. The second kappa shape index (κ2) is 4.11. The summed E-state index contributed by atoms with van der Waals surface area (Å²) in [6.07, 6.45) is 0. The van der Waals surface area contributed by atoms with Gasteiger partial charge in [-0.3, -0.25) is 20.2 Å². The average Bonchev–Trinajstić information content (AvgIpc) is 2.15. The van der Waals surface area contributed by atoms with E-state index < -0.39 is 37.8 Å². The highest BCUT2D eigenvalue weighted by Gasteiger charge is 2.28. The number of halogens is 1. The Morgan fingerprint density at radius 3 is 2.00 bits per heavy atom. The van der Waals surface area contributed by atoms with E-state index in [-0.39, 0.29) is 0 Å². The number of rotatable bonds is 3. The lowest BCUT2D eigenvalue weighted by Gasteiger charge is -1.99. The molecule has 1 rings (SSSR count). The Bertz CT molecular complexity index is 500. The Balaban J connectivity index is 3.55. The Hall–Kier alpha value is -2.22. The lowest BCUT2D eigenvalue weighted by molar-refractivity contribution is -0.422. The first-order chi connectivity index (χ1) is 7.34. The molecular weight excluding hydrogens is 244 g/mol. The zero-order valence-electron chi connectivity index (χ0n) is 7.42. The maximum absolute atomic E-state index is 10.6. The molecule has 0 aromatic heterocycles. The maximum atomic E-state index is 10.6. The fourth-order valence-corrected chi connectivity index (χ4v) is 1.25. The van der Waals surface area contributed by atoms with Gasteiger partial charge in [0.15, 0.2) is 0 Å². The summed E-state index contributed by atoms with van der Waals surface area (Å²) in [6.45, 7) is 0. The highest BCUT2D eigenvalue weighted by molar-refractivity contribution is 6.33. The molecule has 1 aromatic carbocycles. The molecule has 1 N–H and O–H groups in total. The fraction of sp³-hybridized carbons (Fsp3) is 0. The summed E-state index contributed by atoms with van der Waals surface area (Å²) in [7, 11) is 0. The maximum Gasteiger partial charge on any atom is 0.347 e. The molecule has 1 aromatic rings.